The number of pyridine rings is 1. The summed E-state index contributed by atoms with van der Waals surface area (Å²) in [6, 6.07) is 3.61. The third kappa shape index (κ3) is 3.10. The van der Waals surface area contributed by atoms with Crippen molar-refractivity contribution < 1.29 is 14.7 Å². The quantitative estimate of drug-likeness (QED) is 0.899. The topological polar surface area (TPSA) is 70.5 Å². The van der Waals surface area contributed by atoms with Crippen molar-refractivity contribution in [2.75, 3.05) is 6.54 Å². The van der Waals surface area contributed by atoms with Crippen LogP contribution in [0.15, 0.2) is 18.3 Å². The van der Waals surface area contributed by atoms with E-state index in [-0.39, 0.29) is 18.5 Å². The van der Waals surface area contributed by atoms with Crippen molar-refractivity contribution in [3.05, 3.63) is 29.6 Å². The lowest BCUT2D eigenvalue weighted by molar-refractivity contribution is -0.138. The van der Waals surface area contributed by atoms with E-state index in [1.54, 1.807) is 12.3 Å². The fourth-order valence-electron chi connectivity index (χ4n) is 2.57. The molecular formula is C14H18N2O3. The summed E-state index contributed by atoms with van der Waals surface area (Å²) in [5.74, 6) is -1.25. The fourth-order valence-corrected chi connectivity index (χ4v) is 2.57. The van der Waals surface area contributed by atoms with Crippen LogP contribution in [-0.2, 0) is 4.79 Å². The molecule has 0 aromatic carbocycles. The third-order valence-corrected chi connectivity index (χ3v) is 3.54. The summed E-state index contributed by atoms with van der Waals surface area (Å²) in [6.07, 6.45) is 5.42. The summed E-state index contributed by atoms with van der Waals surface area (Å²) < 4.78 is 0. The number of aryl methyl sites for hydroxylation is 1. The highest BCUT2D eigenvalue weighted by Crippen LogP contribution is 2.25. The minimum atomic E-state index is -0.978. The Morgan fingerprint density at radius 2 is 2.11 bits per heavy atom. The minimum absolute atomic E-state index is 0.0324. The van der Waals surface area contributed by atoms with E-state index in [2.05, 4.69) is 4.98 Å². The monoisotopic (exact) mass is 262 g/mol. The maximum Gasteiger partial charge on any atom is 0.323 e. The van der Waals surface area contributed by atoms with E-state index >= 15 is 0 Å². The van der Waals surface area contributed by atoms with Crippen LogP contribution >= 0.6 is 0 Å². The van der Waals surface area contributed by atoms with Crippen LogP contribution < -0.4 is 0 Å². The minimum Gasteiger partial charge on any atom is -0.480 e. The Hall–Kier alpha value is -1.91. The molecule has 0 bridgehead atoms. The van der Waals surface area contributed by atoms with Crippen molar-refractivity contribution in [1.82, 2.24) is 9.88 Å². The molecule has 1 amide bonds. The molecule has 102 valence electrons. The van der Waals surface area contributed by atoms with Crippen LogP contribution in [-0.4, -0.2) is 39.5 Å². The van der Waals surface area contributed by atoms with Gasteiger partial charge >= 0.3 is 5.97 Å². The second kappa shape index (κ2) is 5.82. The first-order valence-electron chi connectivity index (χ1n) is 6.54. The maximum absolute atomic E-state index is 12.5. The number of aromatic nitrogens is 1. The summed E-state index contributed by atoms with van der Waals surface area (Å²) in [7, 11) is 0. The van der Waals surface area contributed by atoms with Gasteiger partial charge in [0.25, 0.3) is 5.91 Å². The molecule has 0 spiro atoms. The van der Waals surface area contributed by atoms with Crippen LogP contribution in [0.3, 0.4) is 0 Å². The van der Waals surface area contributed by atoms with Gasteiger partial charge in [0.1, 0.15) is 12.2 Å². The van der Waals surface area contributed by atoms with Gasteiger partial charge < -0.3 is 10.0 Å². The number of hydrogen-bond donors (Lipinski definition) is 1. The summed E-state index contributed by atoms with van der Waals surface area (Å²) in [4.78, 5) is 29.0. The predicted molar refractivity (Wildman–Crippen MR) is 69.9 cm³/mol. The Kier molecular flexibility index (Phi) is 4.14. The second-order valence-corrected chi connectivity index (χ2v) is 4.93. The molecule has 5 heteroatoms. The van der Waals surface area contributed by atoms with Crippen LogP contribution in [0.5, 0.6) is 0 Å². The number of carbonyl (C=O) groups excluding carboxylic acids is 1. The first-order chi connectivity index (χ1) is 9.09. The molecule has 0 aliphatic heterocycles. The molecule has 2 rings (SSSR count). The van der Waals surface area contributed by atoms with Gasteiger partial charge in [0, 0.05) is 12.2 Å². The number of amides is 1. The third-order valence-electron chi connectivity index (χ3n) is 3.54. The van der Waals surface area contributed by atoms with Gasteiger partial charge in [-0.1, -0.05) is 18.9 Å². The molecule has 1 aliphatic carbocycles. The molecule has 5 nitrogen and oxygen atoms in total. The zero-order valence-corrected chi connectivity index (χ0v) is 11.0. The number of carboxylic acid groups (broad SMARTS) is 1. The molecule has 1 aromatic rings. The molecule has 19 heavy (non-hydrogen) atoms. The summed E-state index contributed by atoms with van der Waals surface area (Å²) in [5, 5.41) is 9.00. The highest BCUT2D eigenvalue weighted by Gasteiger charge is 2.30. The fraction of sp³-hybridized carbons (Fsp3) is 0.500. The van der Waals surface area contributed by atoms with Gasteiger partial charge in [-0.3, -0.25) is 14.6 Å². The smallest absolute Gasteiger partial charge is 0.323 e. The molecule has 0 atom stereocenters. The molecule has 1 aliphatic rings. The first-order valence-corrected chi connectivity index (χ1v) is 6.54. The number of carboxylic acids is 1. The van der Waals surface area contributed by atoms with E-state index in [1.165, 1.54) is 4.90 Å². The van der Waals surface area contributed by atoms with E-state index < -0.39 is 5.97 Å². The molecular weight excluding hydrogens is 244 g/mol. The van der Waals surface area contributed by atoms with Crippen molar-refractivity contribution in [3.8, 4) is 0 Å². The summed E-state index contributed by atoms with van der Waals surface area (Å²) >= 11 is 0. The van der Waals surface area contributed by atoms with Gasteiger partial charge in [0.2, 0.25) is 0 Å². The highest BCUT2D eigenvalue weighted by molar-refractivity contribution is 5.95. The number of nitrogens with zero attached hydrogens (tertiary/aromatic N) is 2. The Morgan fingerprint density at radius 3 is 2.68 bits per heavy atom. The standard InChI is InChI=1S/C14H18N2O3/c1-10-5-4-8-15-13(10)14(19)16(9-12(17)18)11-6-2-3-7-11/h4-5,8,11H,2-3,6-7,9H2,1H3,(H,17,18). The molecule has 0 saturated heterocycles. The SMILES string of the molecule is Cc1cccnc1C(=O)N(CC(=O)O)C1CCCC1. The van der Waals surface area contributed by atoms with Crippen LogP contribution in [0.4, 0.5) is 0 Å². The molecule has 1 N–H and O–H groups in total. The van der Waals surface area contributed by atoms with Crippen LogP contribution in [0.2, 0.25) is 0 Å². The zero-order valence-electron chi connectivity index (χ0n) is 11.0. The van der Waals surface area contributed by atoms with Gasteiger partial charge in [-0.25, -0.2) is 0 Å². The molecule has 1 fully saturated rings. The first kappa shape index (κ1) is 13.5. The lowest BCUT2D eigenvalue weighted by atomic mass is 10.1. The highest BCUT2D eigenvalue weighted by atomic mass is 16.4. The molecule has 1 aromatic heterocycles. The van der Waals surface area contributed by atoms with E-state index in [9.17, 15) is 9.59 Å². The van der Waals surface area contributed by atoms with Crippen molar-refractivity contribution in [3.63, 3.8) is 0 Å². The van der Waals surface area contributed by atoms with E-state index in [4.69, 9.17) is 5.11 Å². The number of rotatable bonds is 4. The lowest BCUT2D eigenvalue weighted by Crippen LogP contribution is -2.42. The zero-order chi connectivity index (χ0) is 13.8. The van der Waals surface area contributed by atoms with Crippen molar-refractivity contribution >= 4 is 11.9 Å². The van der Waals surface area contributed by atoms with E-state index in [1.807, 2.05) is 13.0 Å². The Balaban J connectivity index is 2.24. The Morgan fingerprint density at radius 1 is 1.42 bits per heavy atom. The number of carbonyl (C=O) groups is 2. The molecule has 0 unspecified atom stereocenters. The summed E-state index contributed by atoms with van der Waals surface area (Å²) in [5.41, 5.74) is 1.14. The average Bonchev–Trinajstić information content (AvgIpc) is 2.89. The Labute approximate surface area is 112 Å². The van der Waals surface area contributed by atoms with E-state index in [0.717, 1.165) is 31.2 Å². The Bertz CT molecular complexity index is 481. The van der Waals surface area contributed by atoms with E-state index in [0.29, 0.717) is 5.69 Å². The van der Waals surface area contributed by atoms with Crippen LogP contribution in [0.25, 0.3) is 0 Å². The van der Waals surface area contributed by atoms with Gasteiger partial charge in [-0.15, -0.1) is 0 Å². The second-order valence-electron chi connectivity index (χ2n) is 4.93. The normalized spacial score (nSPS) is 15.4. The molecule has 1 heterocycles. The average molecular weight is 262 g/mol. The number of aliphatic carboxylic acids is 1. The maximum atomic E-state index is 12.5. The van der Waals surface area contributed by atoms with Gasteiger partial charge in [0.15, 0.2) is 0 Å². The van der Waals surface area contributed by atoms with Crippen molar-refractivity contribution in [1.29, 1.82) is 0 Å². The number of hydrogen-bond acceptors (Lipinski definition) is 3. The largest absolute Gasteiger partial charge is 0.480 e. The van der Waals surface area contributed by atoms with Crippen LogP contribution in [0, 0.1) is 6.92 Å². The van der Waals surface area contributed by atoms with Gasteiger partial charge in [-0.05, 0) is 31.4 Å². The predicted octanol–water partition coefficient (Wildman–Crippen LogP) is 1.86. The lowest BCUT2D eigenvalue weighted by Gasteiger charge is -2.27. The van der Waals surface area contributed by atoms with Gasteiger partial charge in [-0.2, -0.15) is 0 Å². The molecule has 1 saturated carbocycles. The van der Waals surface area contributed by atoms with Crippen molar-refractivity contribution in [2.24, 2.45) is 0 Å². The summed E-state index contributed by atoms with van der Waals surface area (Å²) in [6.45, 7) is 1.56. The van der Waals surface area contributed by atoms with Crippen LogP contribution in [0.1, 0.15) is 41.7 Å². The van der Waals surface area contributed by atoms with Gasteiger partial charge in [0.05, 0.1) is 0 Å². The molecule has 0 radical (unpaired) electrons. The van der Waals surface area contributed by atoms with Crippen molar-refractivity contribution in [2.45, 2.75) is 38.6 Å².